The molecule has 1 spiro atoms. The summed E-state index contributed by atoms with van der Waals surface area (Å²) >= 11 is 6.05. The molecule has 6 nitrogen and oxygen atoms in total. The van der Waals surface area contributed by atoms with E-state index in [0.717, 1.165) is 83.5 Å². The SMILES string of the molecule is CN1C[C@H]2C3(CCN(C(=O)Nc4cccc(Cl)c4)CC3)CC[C@@]2(C(=O)N2CCCC2)C1. The van der Waals surface area contributed by atoms with Crippen LogP contribution in [0.2, 0.25) is 5.02 Å². The third kappa shape index (κ3) is 3.62. The van der Waals surface area contributed by atoms with Crippen LogP contribution in [0.25, 0.3) is 0 Å². The van der Waals surface area contributed by atoms with Gasteiger partial charge in [0.15, 0.2) is 0 Å². The monoisotopic (exact) mass is 444 g/mol. The molecule has 0 unspecified atom stereocenters. The van der Waals surface area contributed by atoms with Crippen molar-refractivity contribution in [2.24, 2.45) is 16.7 Å². The maximum atomic E-state index is 13.6. The Bertz CT molecular complexity index is 863. The minimum atomic E-state index is -0.204. The lowest BCUT2D eigenvalue weighted by molar-refractivity contribution is -0.142. The van der Waals surface area contributed by atoms with Gasteiger partial charge >= 0.3 is 6.03 Å². The quantitative estimate of drug-likeness (QED) is 0.752. The molecule has 1 saturated carbocycles. The van der Waals surface area contributed by atoms with Crippen LogP contribution in [0.4, 0.5) is 10.5 Å². The minimum Gasteiger partial charge on any atom is -0.342 e. The molecular weight excluding hydrogens is 412 g/mol. The Hall–Kier alpha value is -1.79. The van der Waals surface area contributed by atoms with Crippen molar-refractivity contribution in [2.75, 3.05) is 51.6 Å². The molecule has 3 amide bonds. The number of nitrogens with zero attached hydrogens (tertiary/aromatic N) is 3. The van der Waals surface area contributed by atoms with Crippen molar-refractivity contribution < 1.29 is 9.59 Å². The lowest BCUT2D eigenvalue weighted by Gasteiger charge is -2.44. The van der Waals surface area contributed by atoms with E-state index in [-0.39, 0.29) is 16.9 Å². The first-order chi connectivity index (χ1) is 14.9. The molecule has 1 aromatic rings. The molecule has 31 heavy (non-hydrogen) atoms. The molecule has 0 radical (unpaired) electrons. The molecule has 0 aromatic heterocycles. The van der Waals surface area contributed by atoms with Gasteiger partial charge in [-0.05, 0) is 75.1 Å². The van der Waals surface area contributed by atoms with Gasteiger partial charge < -0.3 is 20.0 Å². The molecule has 3 saturated heterocycles. The van der Waals surface area contributed by atoms with Crippen molar-refractivity contribution >= 4 is 29.2 Å². The van der Waals surface area contributed by atoms with Crippen molar-refractivity contribution in [3.8, 4) is 0 Å². The molecule has 3 aliphatic heterocycles. The second-order valence-corrected chi connectivity index (χ2v) is 10.6. The lowest BCUT2D eigenvalue weighted by atomic mass is 9.65. The summed E-state index contributed by atoms with van der Waals surface area (Å²) in [6.07, 6.45) is 6.39. The zero-order chi connectivity index (χ0) is 21.6. The molecule has 168 valence electrons. The predicted molar refractivity (Wildman–Crippen MR) is 122 cm³/mol. The summed E-state index contributed by atoms with van der Waals surface area (Å²) in [7, 11) is 2.17. The third-order valence-electron chi connectivity index (χ3n) is 8.46. The van der Waals surface area contributed by atoms with Crippen LogP contribution in [-0.2, 0) is 4.79 Å². The minimum absolute atomic E-state index is 0.0574. The highest BCUT2D eigenvalue weighted by Crippen LogP contribution is 2.62. The number of benzene rings is 1. The molecule has 1 N–H and O–H groups in total. The highest BCUT2D eigenvalue weighted by Gasteiger charge is 2.64. The number of hydrogen-bond donors (Lipinski definition) is 1. The van der Waals surface area contributed by atoms with Gasteiger partial charge in [0.2, 0.25) is 5.91 Å². The van der Waals surface area contributed by atoms with Gasteiger partial charge in [0, 0.05) is 50.0 Å². The van der Waals surface area contributed by atoms with E-state index in [0.29, 0.717) is 16.8 Å². The highest BCUT2D eigenvalue weighted by atomic mass is 35.5. The fourth-order valence-corrected chi connectivity index (χ4v) is 7.09. The summed E-state index contributed by atoms with van der Waals surface area (Å²) in [5.74, 6) is 0.827. The molecule has 7 heteroatoms. The number of nitrogens with one attached hydrogen (secondary N) is 1. The van der Waals surface area contributed by atoms with E-state index in [2.05, 4.69) is 22.2 Å². The van der Waals surface area contributed by atoms with Crippen molar-refractivity contribution in [2.45, 2.75) is 38.5 Å². The maximum absolute atomic E-state index is 13.6. The maximum Gasteiger partial charge on any atom is 0.321 e. The van der Waals surface area contributed by atoms with Crippen molar-refractivity contribution in [3.05, 3.63) is 29.3 Å². The third-order valence-corrected chi connectivity index (χ3v) is 8.70. The summed E-state index contributed by atoms with van der Waals surface area (Å²) in [6, 6.07) is 7.22. The Morgan fingerprint density at radius 1 is 1.03 bits per heavy atom. The number of fused-ring (bicyclic) bond motifs is 2. The van der Waals surface area contributed by atoms with Crippen molar-refractivity contribution in [3.63, 3.8) is 0 Å². The van der Waals surface area contributed by atoms with Crippen LogP contribution in [0.15, 0.2) is 24.3 Å². The number of amides is 3. The number of urea groups is 1. The van der Waals surface area contributed by atoms with Crippen LogP contribution in [0.3, 0.4) is 0 Å². The van der Waals surface area contributed by atoms with Crippen LogP contribution in [0.1, 0.15) is 38.5 Å². The molecule has 4 aliphatic rings. The summed E-state index contributed by atoms with van der Waals surface area (Å²) in [4.78, 5) is 32.9. The number of likely N-dealkylation sites (tertiary alicyclic amines) is 3. The summed E-state index contributed by atoms with van der Waals surface area (Å²) in [5.41, 5.74) is 0.711. The molecule has 0 bridgehead atoms. The molecule has 2 atom stereocenters. The second-order valence-electron chi connectivity index (χ2n) is 10.2. The van der Waals surface area contributed by atoms with Crippen LogP contribution in [0, 0.1) is 16.7 Å². The predicted octanol–water partition coefficient (Wildman–Crippen LogP) is 3.92. The first-order valence-electron chi connectivity index (χ1n) is 11.7. The second kappa shape index (κ2) is 7.96. The van der Waals surface area contributed by atoms with Gasteiger partial charge in [0.1, 0.15) is 0 Å². The van der Waals surface area contributed by atoms with Gasteiger partial charge in [0.05, 0.1) is 5.41 Å². The first-order valence-corrected chi connectivity index (χ1v) is 12.1. The van der Waals surface area contributed by atoms with Gasteiger partial charge in [-0.25, -0.2) is 4.79 Å². The molecule has 3 heterocycles. The number of carbonyl (C=O) groups excluding carboxylic acids is 2. The molecule has 5 rings (SSSR count). The molecule has 1 aliphatic carbocycles. The fraction of sp³-hybridized carbons (Fsp3) is 0.667. The summed E-state index contributed by atoms with van der Waals surface area (Å²) in [6.45, 7) is 5.27. The van der Waals surface area contributed by atoms with E-state index in [1.54, 1.807) is 12.1 Å². The number of halogens is 1. The zero-order valence-electron chi connectivity index (χ0n) is 18.4. The zero-order valence-corrected chi connectivity index (χ0v) is 19.2. The molecule has 4 fully saturated rings. The Labute approximate surface area is 189 Å². The van der Waals surface area contributed by atoms with E-state index in [1.165, 1.54) is 0 Å². The average molecular weight is 445 g/mol. The topological polar surface area (TPSA) is 55.9 Å². The van der Waals surface area contributed by atoms with E-state index in [9.17, 15) is 9.59 Å². The largest absolute Gasteiger partial charge is 0.342 e. The Morgan fingerprint density at radius 3 is 2.48 bits per heavy atom. The summed E-state index contributed by atoms with van der Waals surface area (Å²) < 4.78 is 0. The van der Waals surface area contributed by atoms with Crippen LogP contribution in [-0.4, -0.2) is 73.0 Å². The number of carbonyl (C=O) groups is 2. The van der Waals surface area contributed by atoms with Crippen molar-refractivity contribution in [1.82, 2.24) is 14.7 Å². The van der Waals surface area contributed by atoms with E-state index < -0.39 is 0 Å². The van der Waals surface area contributed by atoms with E-state index in [1.807, 2.05) is 17.0 Å². The first kappa shape index (κ1) is 21.1. The van der Waals surface area contributed by atoms with E-state index >= 15 is 0 Å². The number of rotatable bonds is 2. The number of anilines is 1. The van der Waals surface area contributed by atoms with Gasteiger partial charge in [-0.15, -0.1) is 0 Å². The smallest absolute Gasteiger partial charge is 0.321 e. The van der Waals surface area contributed by atoms with Gasteiger partial charge in [-0.1, -0.05) is 17.7 Å². The number of hydrogen-bond acceptors (Lipinski definition) is 3. The standard InChI is InChI=1S/C24H33ClN4O2/c1-27-16-20-23(7-8-24(20,17-27)21(30)28-11-2-3-12-28)9-13-29(14-10-23)22(31)26-19-6-4-5-18(25)15-19/h4-6,15,20H,2-3,7-14,16-17H2,1H3,(H,26,31)/t20-,24+/m0/s1. The van der Waals surface area contributed by atoms with Gasteiger partial charge in [-0.2, -0.15) is 0 Å². The number of piperidine rings is 1. The molecule has 1 aromatic carbocycles. The van der Waals surface area contributed by atoms with E-state index in [4.69, 9.17) is 11.6 Å². The normalized spacial score (nSPS) is 30.1. The Kier molecular flexibility index (Phi) is 5.41. The van der Waals surface area contributed by atoms with Crippen LogP contribution < -0.4 is 5.32 Å². The highest BCUT2D eigenvalue weighted by molar-refractivity contribution is 6.30. The van der Waals surface area contributed by atoms with Crippen LogP contribution in [0.5, 0.6) is 0 Å². The average Bonchev–Trinajstić information content (AvgIpc) is 3.46. The van der Waals surface area contributed by atoms with Gasteiger partial charge in [-0.3, -0.25) is 4.79 Å². The molecular formula is C24H33ClN4O2. The van der Waals surface area contributed by atoms with Crippen LogP contribution >= 0.6 is 11.6 Å². The fourth-order valence-electron chi connectivity index (χ4n) is 6.90. The lowest BCUT2D eigenvalue weighted by Crippen LogP contribution is -2.50. The Balaban J connectivity index is 1.27. The summed E-state index contributed by atoms with van der Waals surface area (Å²) in [5, 5.41) is 3.60. The van der Waals surface area contributed by atoms with Crippen molar-refractivity contribution in [1.29, 1.82) is 0 Å². The Morgan fingerprint density at radius 2 is 1.77 bits per heavy atom. The van der Waals surface area contributed by atoms with Gasteiger partial charge in [0.25, 0.3) is 0 Å².